The minimum Gasteiger partial charge on any atom is -0.480 e. The maximum absolute atomic E-state index is 11.1. The van der Waals surface area contributed by atoms with Gasteiger partial charge in [0.05, 0.1) is 6.04 Å². The third-order valence-electron chi connectivity index (χ3n) is 1.79. The number of amides is 1. The molecule has 0 aromatic heterocycles. The lowest BCUT2D eigenvalue weighted by molar-refractivity contribution is -0.138. The summed E-state index contributed by atoms with van der Waals surface area (Å²) in [5, 5.41) is 13.6. The summed E-state index contributed by atoms with van der Waals surface area (Å²) in [6.07, 6.45) is 1.77. The first-order chi connectivity index (χ1) is 5.70. The number of rotatable bonds is 3. The van der Waals surface area contributed by atoms with Crippen LogP contribution in [0.2, 0.25) is 0 Å². The average Bonchev–Trinajstić information content (AvgIpc) is 2.51. The van der Waals surface area contributed by atoms with Crippen molar-refractivity contribution in [2.45, 2.75) is 18.9 Å². The van der Waals surface area contributed by atoms with Crippen LogP contribution in [0.1, 0.15) is 12.8 Å². The first-order valence-corrected chi connectivity index (χ1v) is 3.93. The summed E-state index contributed by atoms with van der Waals surface area (Å²) in [5.41, 5.74) is 0. The Bertz CT molecular complexity index is 192. The van der Waals surface area contributed by atoms with E-state index in [2.05, 4.69) is 10.6 Å². The van der Waals surface area contributed by atoms with Gasteiger partial charge in [-0.3, -0.25) is 9.59 Å². The maximum atomic E-state index is 11.1. The number of hydrogen-bond acceptors (Lipinski definition) is 3. The normalized spacial score (nSPS) is 20.5. The highest BCUT2D eigenvalue weighted by molar-refractivity contribution is 5.85. The molecule has 1 rings (SSSR count). The third-order valence-corrected chi connectivity index (χ3v) is 1.79. The summed E-state index contributed by atoms with van der Waals surface area (Å²) in [6.45, 7) is 0.544. The Hall–Kier alpha value is -0.810. The van der Waals surface area contributed by atoms with E-state index in [4.69, 9.17) is 5.11 Å². The molecule has 6 heteroatoms. The lowest BCUT2D eigenvalue weighted by Crippen LogP contribution is -2.42. The van der Waals surface area contributed by atoms with Crippen LogP contribution in [-0.2, 0) is 9.59 Å². The number of hydrogen-bond donors (Lipinski definition) is 3. The third kappa shape index (κ3) is 4.10. The lowest BCUT2D eigenvalue weighted by Gasteiger charge is -2.08. The summed E-state index contributed by atoms with van der Waals surface area (Å²) >= 11 is 0. The second-order valence-electron chi connectivity index (χ2n) is 2.76. The van der Waals surface area contributed by atoms with Gasteiger partial charge in [0, 0.05) is 0 Å². The number of carboxylic acids is 1. The highest BCUT2D eigenvalue weighted by Gasteiger charge is 2.21. The van der Waals surface area contributed by atoms with Crippen LogP contribution >= 0.6 is 12.4 Å². The molecular formula is C7H13ClN2O3. The molecule has 3 N–H and O–H groups in total. The minimum absolute atomic E-state index is 0. The van der Waals surface area contributed by atoms with E-state index in [-0.39, 0.29) is 30.9 Å². The van der Waals surface area contributed by atoms with E-state index in [0.29, 0.717) is 0 Å². The second-order valence-corrected chi connectivity index (χ2v) is 2.76. The van der Waals surface area contributed by atoms with E-state index >= 15 is 0 Å². The van der Waals surface area contributed by atoms with Crippen LogP contribution in [-0.4, -0.2) is 36.1 Å². The molecule has 0 spiro atoms. The molecule has 76 valence electrons. The molecule has 0 aromatic rings. The number of aliphatic carboxylic acids is 1. The highest BCUT2D eigenvalue weighted by Crippen LogP contribution is 2.03. The molecule has 1 aliphatic rings. The molecule has 0 radical (unpaired) electrons. The van der Waals surface area contributed by atoms with Crippen molar-refractivity contribution in [1.82, 2.24) is 10.6 Å². The van der Waals surface area contributed by atoms with Gasteiger partial charge in [0.1, 0.15) is 6.54 Å². The fourth-order valence-corrected chi connectivity index (χ4v) is 1.19. The topological polar surface area (TPSA) is 78.4 Å². The van der Waals surface area contributed by atoms with Crippen molar-refractivity contribution >= 4 is 24.3 Å². The Morgan fingerprint density at radius 1 is 1.54 bits per heavy atom. The van der Waals surface area contributed by atoms with Gasteiger partial charge in [0.25, 0.3) is 0 Å². The average molecular weight is 209 g/mol. The first kappa shape index (κ1) is 12.2. The zero-order chi connectivity index (χ0) is 8.97. The molecule has 1 atom stereocenters. The van der Waals surface area contributed by atoms with Crippen molar-refractivity contribution in [3.05, 3.63) is 0 Å². The van der Waals surface area contributed by atoms with Crippen molar-refractivity contribution in [2.75, 3.05) is 13.1 Å². The summed E-state index contributed by atoms with van der Waals surface area (Å²) in [7, 11) is 0. The van der Waals surface area contributed by atoms with Crippen molar-refractivity contribution in [3.63, 3.8) is 0 Å². The molecule has 5 nitrogen and oxygen atoms in total. The number of carboxylic acid groups (broad SMARTS) is 1. The summed E-state index contributed by atoms with van der Waals surface area (Å²) < 4.78 is 0. The smallest absolute Gasteiger partial charge is 0.322 e. The molecule has 1 fully saturated rings. The van der Waals surface area contributed by atoms with E-state index in [1.807, 2.05) is 0 Å². The molecular weight excluding hydrogens is 196 g/mol. The second kappa shape index (κ2) is 5.77. The van der Waals surface area contributed by atoms with Crippen LogP contribution < -0.4 is 10.6 Å². The Morgan fingerprint density at radius 2 is 2.23 bits per heavy atom. The molecule has 0 saturated carbocycles. The Labute approximate surface area is 82.3 Å². The molecule has 1 saturated heterocycles. The molecule has 1 aliphatic heterocycles. The Morgan fingerprint density at radius 3 is 2.69 bits per heavy atom. The lowest BCUT2D eigenvalue weighted by atomic mass is 10.2. The quantitative estimate of drug-likeness (QED) is 0.577. The van der Waals surface area contributed by atoms with E-state index in [0.717, 1.165) is 19.4 Å². The number of carbonyl (C=O) groups is 2. The molecule has 0 aliphatic carbocycles. The standard InChI is InChI=1S/C7H12N2O3.ClH/c10-6(11)4-9-7(12)5-2-1-3-8-5;/h5,8H,1-4H2,(H,9,12)(H,10,11);1H. The summed E-state index contributed by atoms with van der Waals surface area (Å²) in [4.78, 5) is 21.2. The van der Waals surface area contributed by atoms with Gasteiger partial charge in [0.2, 0.25) is 5.91 Å². The van der Waals surface area contributed by atoms with E-state index in [1.165, 1.54) is 0 Å². The fourth-order valence-electron chi connectivity index (χ4n) is 1.19. The zero-order valence-corrected chi connectivity index (χ0v) is 7.89. The van der Waals surface area contributed by atoms with E-state index in [9.17, 15) is 9.59 Å². The van der Waals surface area contributed by atoms with Gasteiger partial charge in [-0.25, -0.2) is 0 Å². The number of nitrogens with one attached hydrogen (secondary N) is 2. The molecule has 0 bridgehead atoms. The van der Waals surface area contributed by atoms with Crippen LogP contribution in [0, 0.1) is 0 Å². The van der Waals surface area contributed by atoms with Crippen molar-refractivity contribution in [1.29, 1.82) is 0 Å². The van der Waals surface area contributed by atoms with Crippen LogP contribution in [0.25, 0.3) is 0 Å². The van der Waals surface area contributed by atoms with Crippen LogP contribution in [0.3, 0.4) is 0 Å². The summed E-state index contributed by atoms with van der Waals surface area (Å²) in [6, 6.07) is -0.190. The van der Waals surface area contributed by atoms with Gasteiger partial charge in [-0.2, -0.15) is 0 Å². The predicted molar refractivity (Wildman–Crippen MR) is 48.9 cm³/mol. The number of carbonyl (C=O) groups excluding carboxylic acids is 1. The zero-order valence-electron chi connectivity index (χ0n) is 7.08. The largest absolute Gasteiger partial charge is 0.480 e. The van der Waals surface area contributed by atoms with Gasteiger partial charge >= 0.3 is 5.97 Å². The summed E-state index contributed by atoms with van der Waals surface area (Å²) in [5.74, 6) is -1.23. The highest BCUT2D eigenvalue weighted by atomic mass is 35.5. The molecule has 13 heavy (non-hydrogen) atoms. The van der Waals surface area contributed by atoms with Gasteiger partial charge in [-0.05, 0) is 19.4 Å². The molecule has 1 heterocycles. The molecule has 1 amide bonds. The van der Waals surface area contributed by atoms with Gasteiger partial charge in [-0.1, -0.05) is 0 Å². The van der Waals surface area contributed by atoms with Gasteiger partial charge in [0.15, 0.2) is 0 Å². The monoisotopic (exact) mass is 208 g/mol. The Balaban J connectivity index is 0.00000144. The Kier molecular flexibility index (Phi) is 5.41. The number of halogens is 1. The van der Waals surface area contributed by atoms with Crippen LogP contribution in [0.4, 0.5) is 0 Å². The van der Waals surface area contributed by atoms with Crippen LogP contribution in [0.15, 0.2) is 0 Å². The van der Waals surface area contributed by atoms with E-state index < -0.39 is 5.97 Å². The van der Waals surface area contributed by atoms with E-state index in [1.54, 1.807) is 0 Å². The maximum Gasteiger partial charge on any atom is 0.322 e. The van der Waals surface area contributed by atoms with Crippen molar-refractivity contribution in [2.24, 2.45) is 0 Å². The molecule has 1 unspecified atom stereocenters. The van der Waals surface area contributed by atoms with Gasteiger partial charge < -0.3 is 15.7 Å². The van der Waals surface area contributed by atoms with Crippen molar-refractivity contribution in [3.8, 4) is 0 Å². The van der Waals surface area contributed by atoms with Gasteiger partial charge in [-0.15, -0.1) is 12.4 Å². The predicted octanol–water partition coefficient (Wildman–Crippen LogP) is -0.639. The fraction of sp³-hybridized carbons (Fsp3) is 0.714. The van der Waals surface area contributed by atoms with Crippen molar-refractivity contribution < 1.29 is 14.7 Å². The van der Waals surface area contributed by atoms with Crippen LogP contribution in [0.5, 0.6) is 0 Å². The minimum atomic E-state index is -1.01. The first-order valence-electron chi connectivity index (χ1n) is 3.93. The SMILES string of the molecule is Cl.O=C(O)CNC(=O)C1CCCN1. The molecule has 0 aromatic carbocycles.